The van der Waals surface area contributed by atoms with Gasteiger partial charge in [0.25, 0.3) is 5.91 Å². The minimum absolute atomic E-state index is 0.183. The highest BCUT2D eigenvalue weighted by Gasteiger charge is 2.34. The summed E-state index contributed by atoms with van der Waals surface area (Å²) >= 11 is 5.86. The minimum Gasteiger partial charge on any atom is -0.404 e. The zero-order chi connectivity index (χ0) is 20.1. The third kappa shape index (κ3) is 3.58. The number of hydrogen-bond acceptors (Lipinski definition) is 5. The van der Waals surface area contributed by atoms with Gasteiger partial charge in [-0.2, -0.15) is 0 Å². The maximum atomic E-state index is 12.9. The summed E-state index contributed by atoms with van der Waals surface area (Å²) in [5.41, 5.74) is 1.90. The molecule has 4 rings (SSSR count). The molecule has 0 radical (unpaired) electrons. The summed E-state index contributed by atoms with van der Waals surface area (Å²) in [5.74, 6) is 0.616. The number of fused-ring (bicyclic) bond motifs is 1. The van der Waals surface area contributed by atoms with Crippen LogP contribution in [0, 0.1) is 6.92 Å². The van der Waals surface area contributed by atoms with Crippen molar-refractivity contribution in [2.75, 3.05) is 18.0 Å². The number of nitrogens with zero attached hydrogens (tertiary/aromatic N) is 4. The molecule has 2 aliphatic heterocycles. The molecule has 2 aromatic rings. The largest absolute Gasteiger partial charge is 0.573 e. The predicted octanol–water partition coefficient (Wildman–Crippen LogP) is 3.70. The van der Waals surface area contributed by atoms with E-state index in [0.29, 0.717) is 18.9 Å². The van der Waals surface area contributed by atoms with Gasteiger partial charge in [0.05, 0.1) is 23.8 Å². The zero-order valence-electron chi connectivity index (χ0n) is 14.9. The van der Waals surface area contributed by atoms with Gasteiger partial charge in [0, 0.05) is 24.2 Å². The summed E-state index contributed by atoms with van der Waals surface area (Å²) < 4.78 is 41.0. The second-order valence-corrected chi connectivity index (χ2v) is 7.12. The number of alkyl halides is 3. The molecule has 0 atom stereocenters. The highest BCUT2D eigenvalue weighted by atomic mass is 35.5. The Labute approximate surface area is 163 Å². The molecule has 1 aromatic heterocycles. The van der Waals surface area contributed by atoms with Crippen molar-refractivity contribution in [3.63, 3.8) is 0 Å². The van der Waals surface area contributed by atoms with E-state index >= 15 is 0 Å². The number of aromatic nitrogens is 2. The Bertz CT molecular complexity index is 947. The van der Waals surface area contributed by atoms with Crippen molar-refractivity contribution in [3.05, 3.63) is 45.9 Å². The van der Waals surface area contributed by atoms with Crippen LogP contribution in [-0.4, -0.2) is 40.2 Å². The normalized spacial score (nSPS) is 16.0. The molecule has 0 N–H and O–H groups in total. The van der Waals surface area contributed by atoms with Crippen LogP contribution in [-0.2, 0) is 13.1 Å². The summed E-state index contributed by atoms with van der Waals surface area (Å²) in [4.78, 5) is 25.6. The van der Waals surface area contributed by atoms with Crippen LogP contribution in [0.15, 0.2) is 18.2 Å². The number of halogens is 4. The second-order valence-electron chi connectivity index (χ2n) is 6.71. The minimum atomic E-state index is -4.85. The van der Waals surface area contributed by atoms with Crippen molar-refractivity contribution < 1.29 is 22.7 Å². The van der Waals surface area contributed by atoms with Crippen molar-refractivity contribution in [3.8, 4) is 5.75 Å². The summed E-state index contributed by atoms with van der Waals surface area (Å²) in [6.07, 6.45) is -3.75. The number of hydrogen-bond donors (Lipinski definition) is 0. The quantitative estimate of drug-likeness (QED) is 0.769. The third-order valence-electron chi connectivity index (χ3n) is 4.72. The maximum absolute atomic E-state index is 12.9. The van der Waals surface area contributed by atoms with Crippen molar-refractivity contribution in [2.45, 2.75) is 32.8 Å². The van der Waals surface area contributed by atoms with Gasteiger partial charge in [0.1, 0.15) is 17.4 Å². The standard InChI is InChI=1S/C18H16ClF3N4O2/c1-10-23-14-9-26(8-12(14)16(24-10)25-5-2-6-25)17(27)11-3-4-15(13(19)7-11)28-18(20,21)22/h3-4,7H,2,5-6,8-9H2,1H3. The average molecular weight is 413 g/mol. The lowest BCUT2D eigenvalue weighted by atomic mass is 10.1. The maximum Gasteiger partial charge on any atom is 0.573 e. The number of carbonyl (C=O) groups excluding carboxylic acids is 1. The molecule has 0 unspecified atom stereocenters. The van der Waals surface area contributed by atoms with Crippen LogP contribution in [0.2, 0.25) is 5.02 Å². The Balaban J connectivity index is 1.55. The molecule has 148 valence electrons. The van der Waals surface area contributed by atoms with E-state index in [9.17, 15) is 18.0 Å². The molecule has 1 fully saturated rings. The molecule has 2 aliphatic rings. The first-order valence-electron chi connectivity index (χ1n) is 8.67. The van der Waals surface area contributed by atoms with Gasteiger partial charge >= 0.3 is 6.36 Å². The molecule has 1 aromatic carbocycles. The van der Waals surface area contributed by atoms with Crippen LogP contribution in [0.4, 0.5) is 19.0 Å². The summed E-state index contributed by atoms with van der Waals surface area (Å²) in [6, 6.07) is 3.49. The Kier molecular flexibility index (Phi) is 4.57. The molecule has 3 heterocycles. The molecule has 0 aliphatic carbocycles. The van der Waals surface area contributed by atoms with Crippen molar-refractivity contribution >= 4 is 23.3 Å². The van der Waals surface area contributed by atoms with Gasteiger partial charge in [-0.15, -0.1) is 13.2 Å². The van der Waals surface area contributed by atoms with Crippen LogP contribution in [0.5, 0.6) is 5.75 Å². The summed E-state index contributed by atoms with van der Waals surface area (Å²) in [6.45, 7) is 4.32. The van der Waals surface area contributed by atoms with Gasteiger partial charge in [-0.05, 0) is 31.5 Å². The average Bonchev–Trinajstić information content (AvgIpc) is 2.97. The smallest absolute Gasteiger partial charge is 0.404 e. The number of anilines is 1. The lowest BCUT2D eigenvalue weighted by Gasteiger charge is -2.33. The third-order valence-corrected chi connectivity index (χ3v) is 5.02. The first kappa shape index (κ1) is 18.8. The van der Waals surface area contributed by atoms with E-state index in [2.05, 4.69) is 19.6 Å². The molecular weight excluding hydrogens is 397 g/mol. The number of benzene rings is 1. The SMILES string of the molecule is Cc1nc2c(c(N3CCC3)n1)CN(C(=O)c1ccc(OC(F)(F)F)c(Cl)c1)C2. The van der Waals surface area contributed by atoms with Crippen LogP contribution in [0.25, 0.3) is 0 Å². The van der Waals surface area contributed by atoms with E-state index < -0.39 is 12.1 Å². The molecule has 1 amide bonds. The Morgan fingerprint density at radius 2 is 1.96 bits per heavy atom. The number of aryl methyl sites for hydroxylation is 1. The van der Waals surface area contributed by atoms with Crippen LogP contribution in [0.3, 0.4) is 0 Å². The molecule has 1 saturated heterocycles. The first-order chi connectivity index (χ1) is 13.2. The number of carbonyl (C=O) groups is 1. The topological polar surface area (TPSA) is 58.6 Å². The zero-order valence-corrected chi connectivity index (χ0v) is 15.6. The van der Waals surface area contributed by atoms with Gasteiger partial charge in [-0.25, -0.2) is 9.97 Å². The lowest BCUT2D eigenvalue weighted by molar-refractivity contribution is -0.274. The van der Waals surface area contributed by atoms with Gasteiger partial charge in [-0.1, -0.05) is 11.6 Å². The number of rotatable bonds is 3. The highest BCUT2D eigenvalue weighted by molar-refractivity contribution is 6.32. The number of ether oxygens (including phenoxy) is 1. The summed E-state index contributed by atoms with van der Waals surface area (Å²) in [5, 5.41) is -0.281. The predicted molar refractivity (Wildman–Crippen MR) is 95.3 cm³/mol. The van der Waals surface area contributed by atoms with Gasteiger partial charge in [0.2, 0.25) is 0 Å². The van der Waals surface area contributed by atoms with E-state index in [4.69, 9.17) is 11.6 Å². The van der Waals surface area contributed by atoms with Crippen LogP contribution in [0.1, 0.15) is 33.9 Å². The fourth-order valence-corrected chi connectivity index (χ4v) is 3.53. The summed E-state index contributed by atoms with van der Waals surface area (Å²) in [7, 11) is 0. The second kappa shape index (κ2) is 6.80. The van der Waals surface area contributed by atoms with Crippen molar-refractivity contribution in [1.29, 1.82) is 0 Å². The molecule has 6 nitrogen and oxygen atoms in total. The highest BCUT2D eigenvalue weighted by Crippen LogP contribution is 2.34. The van der Waals surface area contributed by atoms with E-state index in [-0.39, 0.29) is 16.5 Å². The Morgan fingerprint density at radius 3 is 2.57 bits per heavy atom. The van der Waals surface area contributed by atoms with E-state index in [1.165, 1.54) is 12.1 Å². The molecular formula is C18H16ClF3N4O2. The molecule has 0 bridgehead atoms. The Morgan fingerprint density at radius 1 is 1.21 bits per heavy atom. The molecule has 0 spiro atoms. The van der Waals surface area contributed by atoms with Crippen LogP contribution < -0.4 is 9.64 Å². The first-order valence-corrected chi connectivity index (χ1v) is 9.05. The lowest BCUT2D eigenvalue weighted by Crippen LogP contribution is -2.38. The van der Waals surface area contributed by atoms with Crippen molar-refractivity contribution in [1.82, 2.24) is 14.9 Å². The fourth-order valence-electron chi connectivity index (χ4n) is 3.31. The van der Waals surface area contributed by atoms with E-state index in [1.54, 1.807) is 4.90 Å². The molecule has 0 saturated carbocycles. The van der Waals surface area contributed by atoms with E-state index in [1.807, 2.05) is 6.92 Å². The monoisotopic (exact) mass is 412 g/mol. The molecule has 28 heavy (non-hydrogen) atoms. The fraction of sp³-hybridized carbons (Fsp3) is 0.389. The van der Waals surface area contributed by atoms with Crippen LogP contribution >= 0.6 is 11.6 Å². The van der Waals surface area contributed by atoms with Gasteiger partial charge < -0.3 is 14.5 Å². The van der Waals surface area contributed by atoms with E-state index in [0.717, 1.165) is 42.7 Å². The van der Waals surface area contributed by atoms with Gasteiger partial charge in [-0.3, -0.25) is 4.79 Å². The van der Waals surface area contributed by atoms with Gasteiger partial charge in [0.15, 0.2) is 0 Å². The molecule has 10 heteroatoms. The van der Waals surface area contributed by atoms with Crippen molar-refractivity contribution in [2.24, 2.45) is 0 Å². The Hall–Kier alpha value is -2.55. The number of amides is 1.